The van der Waals surface area contributed by atoms with Crippen LogP contribution in [-0.4, -0.2) is 14.8 Å². The maximum atomic E-state index is 6.11. The summed E-state index contributed by atoms with van der Waals surface area (Å²) in [7, 11) is 0. The zero-order valence-electron chi connectivity index (χ0n) is 15.8. The first-order valence-electron chi connectivity index (χ1n) is 9.40. The van der Waals surface area contributed by atoms with Crippen LogP contribution in [0, 0.1) is 6.92 Å². The van der Waals surface area contributed by atoms with Crippen molar-refractivity contribution in [2.75, 3.05) is 0 Å². The Morgan fingerprint density at radius 3 is 2.55 bits per heavy atom. The number of nitrogens with zero attached hydrogens (tertiary/aromatic N) is 3. The van der Waals surface area contributed by atoms with E-state index in [1.807, 2.05) is 41.2 Å². The summed E-state index contributed by atoms with van der Waals surface area (Å²) in [5.41, 5.74) is 6.55. The topological polar surface area (TPSA) is 43.9 Å². The van der Waals surface area contributed by atoms with E-state index in [1.54, 1.807) is 6.07 Å². The molecule has 0 amide bonds. The van der Waals surface area contributed by atoms with Gasteiger partial charge >= 0.3 is 0 Å². The van der Waals surface area contributed by atoms with Gasteiger partial charge in [0.25, 0.3) is 0 Å². The fourth-order valence-corrected chi connectivity index (χ4v) is 3.54. The van der Waals surface area contributed by atoms with Crippen molar-refractivity contribution >= 4 is 22.7 Å². The van der Waals surface area contributed by atoms with Gasteiger partial charge in [0.2, 0.25) is 5.89 Å². The van der Waals surface area contributed by atoms with Crippen LogP contribution in [0.1, 0.15) is 11.1 Å². The number of hydrogen-bond acceptors (Lipinski definition) is 3. The first-order valence-corrected chi connectivity index (χ1v) is 9.78. The molecule has 0 spiro atoms. The van der Waals surface area contributed by atoms with Gasteiger partial charge in [-0.05, 0) is 30.7 Å². The summed E-state index contributed by atoms with van der Waals surface area (Å²) in [5.74, 6) is 0.539. The maximum absolute atomic E-state index is 6.11. The van der Waals surface area contributed by atoms with Gasteiger partial charge in [0.1, 0.15) is 11.2 Å². The minimum absolute atomic E-state index is 0.539. The summed E-state index contributed by atoms with van der Waals surface area (Å²) in [6.45, 7) is 2.75. The van der Waals surface area contributed by atoms with Gasteiger partial charge < -0.3 is 4.42 Å². The van der Waals surface area contributed by atoms with Crippen LogP contribution in [0.3, 0.4) is 0 Å². The molecule has 0 aliphatic heterocycles. The molecule has 2 aromatic heterocycles. The summed E-state index contributed by atoms with van der Waals surface area (Å²) in [4.78, 5) is 4.66. The van der Waals surface area contributed by atoms with Gasteiger partial charge in [0, 0.05) is 16.8 Å². The third kappa shape index (κ3) is 3.55. The largest absolute Gasteiger partial charge is 0.436 e. The highest BCUT2D eigenvalue weighted by atomic mass is 35.5. The molecule has 0 aliphatic carbocycles. The Labute approximate surface area is 173 Å². The molecule has 142 valence electrons. The van der Waals surface area contributed by atoms with E-state index in [0.29, 0.717) is 23.0 Å². The van der Waals surface area contributed by atoms with Crippen molar-refractivity contribution in [1.82, 2.24) is 14.8 Å². The summed E-state index contributed by atoms with van der Waals surface area (Å²) in [6.07, 6.45) is 1.99. The summed E-state index contributed by atoms with van der Waals surface area (Å²) in [6, 6.07) is 24.0. The van der Waals surface area contributed by atoms with E-state index in [-0.39, 0.29) is 0 Å². The molecule has 5 rings (SSSR count). The fourth-order valence-electron chi connectivity index (χ4n) is 3.37. The lowest BCUT2D eigenvalue weighted by Crippen LogP contribution is -1.99. The van der Waals surface area contributed by atoms with Crippen molar-refractivity contribution in [3.63, 3.8) is 0 Å². The smallest absolute Gasteiger partial charge is 0.231 e. The van der Waals surface area contributed by atoms with Crippen LogP contribution in [0.25, 0.3) is 33.8 Å². The van der Waals surface area contributed by atoms with E-state index < -0.39 is 0 Å². The first kappa shape index (κ1) is 17.7. The highest BCUT2D eigenvalue weighted by Crippen LogP contribution is 2.33. The lowest BCUT2D eigenvalue weighted by Gasteiger charge is -2.02. The van der Waals surface area contributed by atoms with Gasteiger partial charge in [0.15, 0.2) is 5.58 Å². The SMILES string of the molecule is Cc1ccc(-c2nn(Cc3ccccc3)cc2-c2nc3cc(Cl)ccc3o2)cc1. The van der Waals surface area contributed by atoms with Gasteiger partial charge in [-0.15, -0.1) is 0 Å². The molecular weight excluding hydrogens is 382 g/mol. The molecule has 0 aliphatic rings. The highest BCUT2D eigenvalue weighted by molar-refractivity contribution is 6.31. The summed E-state index contributed by atoms with van der Waals surface area (Å²) < 4.78 is 7.97. The van der Waals surface area contributed by atoms with Crippen molar-refractivity contribution < 1.29 is 4.42 Å². The van der Waals surface area contributed by atoms with Gasteiger partial charge in [-0.25, -0.2) is 4.98 Å². The van der Waals surface area contributed by atoms with Crippen LogP contribution in [-0.2, 0) is 6.54 Å². The summed E-state index contributed by atoms with van der Waals surface area (Å²) in [5, 5.41) is 5.50. The molecule has 5 aromatic rings. The van der Waals surface area contributed by atoms with Crippen molar-refractivity contribution in [3.8, 4) is 22.7 Å². The van der Waals surface area contributed by atoms with Crippen LogP contribution >= 0.6 is 11.6 Å². The normalized spacial score (nSPS) is 11.2. The quantitative estimate of drug-likeness (QED) is 0.352. The molecular formula is C24H18ClN3O. The number of halogens is 1. The van der Waals surface area contributed by atoms with E-state index in [2.05, 4.69) is 48.3 Å². The second kappa shape index (κ2) is 7.22. The van der Waals surface area contributed by atoms with E-state index >= 15 is 0 Å². The zero-order valence-corrected chi connectivity index (χ0v) is 16.6. The lowest BCUT2D eigenvalue weighted by atomic mass is 10.1. The zero-order chi connectivity index (χ0) is 19.8. The molecule has 0 radical (unpaired) electrons. The number of benzene rings is 3. The second-order valence-corrected chi connectivity index (χ2v) is 7.51. The molecule has 0 atom stereocenters. The molecule has 0 bridgehead atoms. The number of fused-ring (bicyclic) bond motifs is 1. The number of aryl methyl sites for hydroxylation is 1. The molecule has 4 nitrogen and oxygen atoms in total. The van der Waals surface area contributed by atoms with Crippen LogP contribution < -0.4 is 0 Å². The Balaban J connectivity index is 1.64. The molecule has 29 heavy (non-hydrogen) atoms. The van der Waals surface area contributed by atoms with E-state index in [9.17, 15) is 0 Å². The van der Waals surface area contributed by atoms with Gasteiger partial charge in [-0.3, -0.25) is 4.68 Å². The molecule has 0 saturated carbocycles. The number of rotatable bonds is 4. The predicted octanol–water partition coefficient (Wildman–Crippen LogP) is 6.37. The monoisotopic (exact) mass is 399 g/mol. The number of aromatic nitrogens is 3. The van der Waals surface area contributed by atoms with Crippen LogP contribution in [0.5, 0.6) is 0 Å². The molecule has 3 aromatic carbocycles. The Morgan fingerprint density at radius 2 is 1.76 bits per heavy atom. The van der Waals surface area contributed by atoms with Gasteiger partial charge in [-0.2, -0.15) is 5.10 Å². The van der Waals surface area contributed by atoms with Crippen molar-refractivity contribution in [1.29, 1.82) is 0 Å². The molecule has 0 saturated heterocycles. The van der Waals surface area contributed by atoms with E-state index in [0.717, 1.165) is 22.3 Å². The third-order valence-electron chi connectivity index (χ3n) is 4.85. The minimum Gasteiger partial charge on any atom is -0.436 e. The maximum Gasteiger partial charge on any atom is 0.231 e. The highest BCUT2D eigenvalue weighted by Gasteiger charge is 2.18. The molecule has 0 N–H and O–H groups in total. The first-order chi connectivity index (χ1) is 14.2. The van der Waals surface area contributed by atoms with Crippen LogP contribution in [0.2, 0.25) is 5.02 Å². The van der Waals surface area contributed by atoms with Crippen molar-refractivity contribution in [3.05, 3.63) is 95.1 Å². The number of hydrogen-bond donors (Lipinski definition) is 0. The van der Waals surface area contributed by atoms with Crippen molar-refractivity contribution in [2.45, 2.75) is 13.5 Å². The molecule has 5 heteroatoms. The summed E-state index contributed by atoms with van der Waals surface area (Å²) >= 11 is 6.11. The predicted molar refractivity (Wildman–Crippen MR) is 116 cm³/mol. The average Bonchev–Trinajstić information content (AvgIpc) is 3.33. The molecule has 2 heterocycles. The molecule has 0 fully saturated rings. The van der Waals surface area contributed by atoms with Crippen LogP contribution in [0.4, 0.5) is 0 Å². The minimum atomic E-state index is 0.539. The third-order valence-corrected chi connectivity index (χ3v) is 5.09. The van der Waals surface area contributed by atoms with E-state index in [1.165, 1.54) is 11.1 Å². The standard InChI is InChI=1S/C24H18ClN3O/c1-16-7-9-18(10-8-16)23-20(15-28(27-23)14-17-5-3-2-4-6-17)24-26-21-13-19(25)11-12-22(21)29-24/h2-13,15H,14H2,1H3. The average molecular weight is 400 g/mol. The van der Waals surface area contributed by atoms with Crippen LogP contribution in [0.15, 0.2) is 83.4 Å². The Kier molecular flexibility index (Phi) is 4.41. The second-order valence-electron chi connectivity index (χ2n) is 7.07. The lowest BCUT2D eigenvalue weighted by molar-refractivity contribution is 0.619. The Morgan fingerprint density at radius 1 is 0.966 bits per heavy atom. The van der Waals surface area contributed by atoms with Gasteiger partial charge in [0.05, 0.1) is 12.1 Å². The molecule has 0 unspecified atom stereocenters. The Bertz CT molecular complexity index is 1290. The van der Waals surface area contributed by atoms with Crippen molar-refractivity contribution in [2.24, 2.45) is 0 Å². The Hall–Kier alpha value is -3.37. The van der Waals surface area contributed by atoms with E-state index in [4.69, 9.17) is 21.1 Å². The fraction of sp³-hybridized carbons (Fsp3) is 0.0833. The van der Waals surface area contributed by atoms with Gasteiger partial charge in [-0.1, -0.05) is 71.8 Å². The number of oxazole rings is 1.